The minimum Gasteiger partial charge on any atom is -0.497 e. The van der Waals surface area contributed by atoms with Crippen molar-refractivity contribution in [2.24, 2.45) is 5.10 Å². The fraction of sp³-hybridized carbons (Fsp3) is 0.100. The van der Waals surface area contributed by atoms with Gasteiger partial charge in [0.15, 0.2) is 0 Å². The molecule has 5 nitrogen and oxygen atoms in total. The Morgan fingerprint density at radius 2 is 1.87 bits per heavy atom. The standard InChI is InChI=1S/C10H10N4O/c1-15-10-4-2-9(3-5-10)6-13-14-7-11-12-8-14/h2-8H,1H3/b13-6-. The Balaban J connectivity index is 2.11. The second-order valence-corrected chi connectivity index (χ2v) is 2.86. The van der Waals surface area contributed by atoms with Gasteiger partial charge in [0.25, 0.3) is 0 Å². The predicted molar refractivity (Wildman–Crippen MR) is 56.0 cm³/mol. The zero-order valence-corrected chi connectivity index (χ0v) is 8.24. The summed E-state index contributed by atoms with van der Waals surface area (Å²) in [6.07, 6.45) is 4.78. The van der Waals surface area contributed by atoms with Crippen molar-refractivity contribution in [2.45, 2.75) is 0 Å². The molecule has 0 N–H and O–H groups in total. The van der Waals surface area contributed by atoms with Gasteiger partial charge in [0.1, 0.15) is 18.4 Å². The number of methoxy groups -OCH3 is 1. The summed E-state index contributed by atoms with van der Waals surface area (Å²) in [6, 6.07) is 7.61. The van der Waals surface area contributed by atoms with Gasteiger partial charge in [-0.25, -0.2) is 4.68 Å². The largest absolute Gasteiger partial charge is 0.497 e. The smallest absolute Gasteiger partial charge is 0.141 e. The lowest BCUT2D eigenvalue weighted by atomic mass is 10.2. The van der Waals surface area contributed by atoms with Crippen molar-refractivity contribution >= 4 is 6.21 Å². The first-order valence-corrected chi connectivity index (χ1v) is 4.41. The Morgan fingerprint density at radius 3 is 2.47 bits per heavy atom. The maximum atomic E-state index is 5.05. The van der Waals surface area contributed by atoms with Crippen LogP contribution in [0.5, 0.6) is 5.75 Å². The molecule has 1 heterocycles. The molecule has 1 aromatic heterocycles. The molecule has 0 aliphatic rings. The fourth-order valence-corrected chi connectivity index (χ4v) is 1.08. The fourth-order valence-electron chi connectivity index (χ4n) is 1.08. The lowest BCUT2D eigenvalue weighted by Gasteiger charge is -1.98. The summed E-state index contributed by atoms with van der Waals surface area (Å²) in [6.45, 7) is 0. The second kappa shape index (κ2) is 4.36. The van der Waals surface area contributed by atoms with E-state index in [0.29, 0.717) is 0 Å². The van der Waals surface area contributed by atoms with Gasteiger partial charge >= 0.3 is 0 Å². The molecular weight excluding hydrogens is 192 g/mol. The number of nitrogens with zero attached hydrogens (tertiary/aromatic N) is 4. The van der Waals surface area contributed by atoms with Crippen LogP contribution in [-0.2, 0) is 0 Å². The van der Waals surface area contributed by atoms with Gasteiger partial charge in [0, 0.05) is 0 Å². The van der Waals surface area contributed by atoms with E-state index in [1.807, 2.05) is 24.3 Å². The summed E-state index contributed by atoms with van der Waals surface area (Å²) in [4.78, 5) is 0. The average molecular weight is 202 g/mol. The highest BCUT2D eigenvalue weighted by atomic mass is 16.5. The Hall–Kier alpha value is -2.17. The summed E-state index contributed by atoms with van der Waals surface area (Å²) in [5.74, 6) is 0.830. The predicted octanol–water partition coefficient (Wildman–Crippen LogP) is 1.17. The monoisotopic (exact) mass is 202 g/mol. The molecule has 2 rings (SSSR count). The molecule has 0 aliphatic carbocycles. The van der Waals surface area contributed by atoms with Crippen molar-refractivity contribution < 1.29 is 4.74 Å². The molecule has 76 valence electrons. The Labute approximate surface area is 87.0 Å². The summed E-state index contributed by atoms with van der Waals surface area (Å²) in [7, 11) is 1.64. The summed E-state index contributed by atoms with van der Waals surface area (Å²) < 4.78 is 6.58. The number of benzene rings is 1. The third kappa shape index (κ3) is 2.40. The van der Waals surface area contributed by atoms with Crippen LogP contribution in [0.25, 0.3) is 0 Å². The number of ether oxygens (including phenoxy) is 1. The van der Waals surface area contributed by atoms with Crippen LogP contribution in [-0.4, -0.2) is 28.2 Å². The Morgan fingerprint density at radius 1 is 1.20 bits per heavy atom. The Kier molecular flexibility index (Phi) is 2.73. The highest BCUT2D eigenvalue weighted by Crippen LogP contribution is 2.09. The number of hydrogen-bond acceptors (Lipinski definition) is 4. The number of rotatable bonds is 3. The molecule has 0 saturated heterocycles. The molecule has 0 fully saturated rings. The zero-order chi connectivity index (χ0) is 10.5. The Bertz CT molecular complexity index is 433. The molecule has 1 aromatic carbocycles. The summed E-state index contributed by atoms with van der Waals surface area (Å²) in [5.41, 5.74) is 0.990. The number of aromatic nitrogens is 3. The molecule has 0 atom stereocenters. The topological polar surface area (TPSA) is 52.3 Å². The van der Waals surface area contributed by atoms with Gasteiger partial charge in [-0.2, -0.15) is 5.10 Å². The van der Waals surface area contributed by atoms with E-state index in [1.54, 1.807) is 13.3 Å². The van der Waals surface area contributed by atoms with Gasteiger partial charge in [-0.15, -0.1) is 10.2 Å². The van der Waals surface area contributed by atoms with Gasteiger partial charge in [0.2, 0.25) is 0 Å². The van der Waals surface area contributed by atoms with Crippen LogP contribution < -0.4 is 4.74 Å². The number of hydrogen-bond donors (Lipinski definition) is 0. The van der Waals surface area contributed by atoms with Crippen molar-refractivity contribution in [2.75, 3.05) is 7.11 Å². The maximum absolute atomic E-state index is 5.05. The first kappa shape index (κ1) is 9.39. The molecular formula is C10H10N4O. The highest BCUT2D eigenvalue weighted by Gasteiger charge is 1.90. The molecule has 15 heavy (non-hydrogen) atoms. The molecule has 5 heteroatoms. The van der Waals surface area contributed by atoms with E-state index in [0.717, 1.165) is 11.3 Å². The van der Waals surface area contributed by atoms with Crippen molar-refractivity contribution in [3.05, 3.63) is 42.5 Å². The van der Waals surface area contributed by atoms with Crippen molar-refractivity contribution in [1.82, 2.24) is 14.9 Å². The van der Waals surface area contributed by atoms with Gasteiger partial charge < -0.3 is 4.74 Å². The SMILES string of the molecule is COc1ccc(/C=N\n2cnnc2)cc1. The van der Waals surface area contributed by atoms with E-state index in [-0.39, 0.29) is 0 Å². The highest BCUT2D eigenvalue weighted by molar-refractivity contribution is 5.79. The minimum atomic E-state index is 0.830. The maximum Gasteiger partial charge on any atom is 0.141 e. The van der Waals surface area contributed by atoms with Gasteiger partial charge in [0.05, 0.1) is 13.3 Å². The molecule has 0 bridgehead atoms. The van der Waals surface area contributed by atoms with E-state index in [1.165, 1.54) is 17.3 Å². The molecule has 0 saturated carbocycles. The lowest BCUT2D eigenvalue weighted by Crippen LogP contribution is -1.88. The van der Waals surface area contributed by atoms with Crippen LogP contribution in [0.3, 0.4) is 0 Å². The van der Waals surface area contributed by atoms with E-state index in [4.69, 9.17) is 4.74 Å². The van der Waals surface area contributed by atoms with Crippen LogP contribution in [0.15, 0.2) is 42.0 Å². The normalized spacial score (nSPS) is 10.7. The van der Waals surface area contributed by atoms with E-state index in [9.17, 15) is 0 Å². The van der Waals surface area contributed by atoms with Crippen molar-refractivity contribution in [3.63, 3.8) is 0 Å². The van der Waals surface area contributed by atoms with Gasteiger partial charge in [-0.05, 0) is 29.8 Å². The summed E-state index contributed by atoms with van der Waals surface area (Å²) in [5, 5.41) is 11.4. The molecule has 0 radical (unpaired) electrons. The van der Waals surface area contributed by atoms with Gasteiger partial charge in [-0.1, -0.05) is 0 Å². The zero-order valence-electron chi connectivity index (χ0n) is 8.24. The first-order chi connectivity index (χ1) is 7.38. The van der Waals surface area contributed by atoms with Crippen LogP contribution >= 0.6 is 0 Å². The van der Waals surface area contributed by atoms with Crippen molar-refractivity contribution in [3.8, 4) is 5.75 Å². The molecule has 0 spiro atoms. The van der Waals surface area contributed by atoms with Crippen LogP contribution in [0, 0.1) is 0 Å². The van der Waals surface area contributed by atoms with Crippen molar-refractivity contribution in [1.29, 1.82) is 0 Å². The van der Waals surface area contributed by atoms with E-state index < -0.39 is 0 Å². The summed E-state index contributed by atoms with van der Waals surface area (Å²) >= 11 is 0. The van der Waals surface area contributed by atoms with Crippen LogP contribution in [0.1, 0.15) is 5.56 Å². The minimum absolute atomic E-state index is 0.830. The first-order valence-electron chi connectivity index (χ1n) is 4.41. The van der Waals surface area contributed by atoms with E-state index >= 15 is 0 Å². The molecule has 0 unspecified atom stereocenters. The lowest BCUT2D eigenvalue weighted by molar-refractivity contribution is 0.415. The van der Waals surface area contributed by atoms with Gasteiger partial charge in [-0.3, -0.25) is 0 Å². The average Bonchev–Trinajstić information content (AvgIpc) is 2.80. The molecule has 0 aliphatic heterocycles. The van der Waals surface area contributed by atoms with Crippen LogP contribution in [0.2, 0.25) is 0 Å². The third-order valence-electron chi connectivity index (χ3n) is 1.86. The molecule has 0 amide bonds. The van der Waals surface area contributed by atoms with Crippen LogP contribution in [0.4, 0.5) is 0 Å². The second-order valence-electron chi connectivity index (χ2n) is 2.86. The van der Waals surface area contributed by atoms with E-state index in [2.05, 4.69) is 15.3 Å². The third-order valence-corrected chi connectivity index (χ3v) is 1.86. The quantitative estimate of drug-likeness (QED) is 0.702. The molecule has 2 aromatic rings.